The number of thioether (sulfide) groups is 1. The van der Waals surface area contributed by atoms with Gasteiger partial charge in [0, 0.05) is 11.4 Å². The number of hydrogen-bond donors (Lipinski definition) is 3. The second-order valence-electron chi connectivity index (χ2n) is 4.56. The average Bonchev–Trinajstić information content (AvgIpc) is 2.80. The lowest BCUT2D eigenvalue weighted by atomic mass is 10.0. The van der Waals surface area contributed by atoms with Gasteiger partial charge in [-0.3, -0.25) is 9.59 Å². The van der Waals surface area contributed by atoms with Crippen LogP contribution in [-0.2, 0) is 4.79 Å². The van der Waals surface area contributed by atoms with Crippen LogP contribution in [0, 0.1) is 13.8 Å². The number of amides is 2. The van der Waals surface area contributed by atoms with Gasteiger partial charge >= 0.3 is 5.97 Å². The summed E-state index contributed by atoms with van der Waals surface area (Å²) >= 11 is 1.05. The van der Waals surface area contributed by atoms with E-state index in [1.807, 2.05) is 0 Å². The van der Waals surface area contributed by atoms with E-state index < -0.39 is 12.0 Å². The molecule has 1 aliphatic heterocycles. The smallest absolute Gasteiger partial charge is 0.336 e. The average molecular weight is 294 g/mol. The maximum Gasteiger partial charge on any atom is 0.336 e. The Morgan fingerprint density at radius 2 is 2.10 bits per heavy atom. The number of anilines is 1. The molecule has 0 bridgehead atoms. The molecule has 0 radical (unpaired) electrons. The number of carbonyl (C=O) groups excluding carboxylic acids is 2. The SMILES string of the molecule is Cc1cc(NC(=O)C2CSC(=O)N2)cc(C(=O)O)c1C. The van der Waals surface area contributed by atoms with Gasteiger partial charge in [-0.2, -0.15) is 0 Å². The molecule has 3 N–H and O–H groups in total. The van der Waals surface area contributed by atoms with Gasteiger partial charge in [0.1, 0.15) is 6.04 Å². The summed E-state index contributed by atoms with van der Waals surface area (Å²) in [7, 11) is 0. The quantitative estimate of drug-likeness (QED) is 0.789. The third-order valence-corrected chi connectivity index (χ3v) is 4.04. The highest BCUT2D eigenvalue weighted by Crippen LogP contribution is 2.21. The van der Waals surface area contributed by atoms with Crippen LogP contribution in [0.4, 0.5) is 10.5 Å². The highest BCUT2D eigenvalue weighted by atomic mass is 32.2. The van der Waals surface area contributed by atoms with Crippen molar-refractivity contribution in [2.45, 2.75) is 19.9 Å². The molecule has 1 heterocycles. The Balaban J connectivity index is 2.19. The zero-order chi connectivity index (χ0) is 14.9. The maximum absolute atomic E-state index is 12.0. The van der Waals surface area contributed by atoms with Crippen molar-refractivity contribution in [3.63, 3.8) is 0 Å². The van der Waals surface area contributed by atoms with E-state index in [2.05, 4.69) is 10.6 Å². The Hall–Kier alpha value is -2.02. The zero-order valence-corrected chi connectivity index (χ0v) is 11.8. The van der Waals surface area contributed by atoms with Crippen LogP contribution in [0.3, 0.4) is 0 Å². The van der Waals surface area contributed by atoms with E-state index in [0.29, 0.717) is 17.0 Å². The van der Waals surface area contributed by atoms with Crippen LogP contribution in [-0.4, -0.2) is 34.0 Å². The van der Waals surface area contributed by atoms with Crippen molar-refractivity contribution in [1.82, 2.24) is 5.32 Å². The lowest BCUT2D eigenvalue weighted by Crippen LogP contribution is -2.38. The molecule has 6 nitrogen and oxygen atoms in total. The number of rotatable bonds is 3. The maximum atomic E-state index is 12.0. The summed E-state index contributed by atoms with van der Waals surface area (Å²) in [5.74, 6) is -1.00. The number of carbonyl (C=O) groups is 3. The molecule has 2 rings (SSSR count). The zero-order valence-electron chi connectivity index (χ0n) is 11.0. The number of benzene rings is 1. The monoisotopic (exact) mass is 294 g/mol. The molecule has 1 aliphatic rings. The van der Waals surface area contributed by atoms with Gasteiger partial charge in [-0.1, -0.05) is 11.8 Å². The van der Waals surface area contributed by atoms with Gasteiger partial charge in [-0.15, -0.1) is 0 Å². The van der Waals surface area contributed by atoms with Crippen LogP contribution >= 0.6 is 11.8 Å². The predicted octanol–water partition coefficient (Wildman–Crippen LogP) is 1.77. The van der Waals surface area contributed by atoms with Crippen molar-refractivity contribution >= 4 is 34.6 Å². The topological polar surface area (TPSA) is 95.5 Å². The summed E-state index contributed by atoms with van der Waals surface area (Å²) in [6.07, 6.45) is 0. The first kappa shape index (κ1) is 14.4. The first-order chi connectivity index (χ1) is 9.38. The van der Waals surface area contributed by atoms with E-state index in [-0.39, 0.29) is 16.7 Å². The lowest BCUT2D eigenvalue weighted by molar-refractivity contribution is -0.117. The summed E-state index contributed by atoms with van der Waals surface area (Å²) in [4.78, 5) is 34.1. The van der Waals surface area contributed by atoms with E-state index in [4.69, 9.17) is 5.11 Å². The minimum Gasteiger partial charge on any atom is -0.478 e. The molecule has 1 unspecified atom stereocenters. The fourth-order valence-electron chi connectivity index (χ4n) is 1.91. The first-order valence-electron chi connectivity index (χ1n) is 5.97. The fraction of sp³-hybridized carbons (Fsp3) is 0.308. The Morgan fingerprint density at radius 1 is 1.40 bits per heavy atom. The van der Waals surface area contributed by atoms with E-state index in [1.54, 1.807) is 19.9 Å². The largest absolute Gasteiger partial charge is 0.478 e. The van der Waals surface area contributed by atoms with Gasteiger partial charge in [0.15, 0.2) is 0 Å². The normalized spacial score (nSPS) is 17.7. The highest BCUT2D eigenvalue weighted by molar-refractivity contribution is 8.14. The van der Waals surface area contributed by atoms with Crippen molar-refractivity contribution in [3.8, 4) is 0 Å². The van der Waals surface area contributed by atoms with Crippen molar-refractivity contribution in [3.05, 3.63) is 28.8 Å². The van der Waals surface area contributed by atoms with E-state index in [0.717, 1.165) is 17.3 Å². The van der Waals surface area contributed by atoms with Crippen LogP contribution in [0.1, 0.15) is 21.5 Å². The summed E-state index contributed by atoms with van der Waals surface area (Å²) in [5, 5.41) is 14.1. The van der Waals surface area contributed by atoms with Crippen LogP contribution < -0.4 is 10.6 Å². The summed E-state index contributed by atoms with van der Waals surface area (Å²) in [6, 6.07) is 2.55. The first-order valence-corrected chi connectivity index (χ1v) is 6.95. The molecule has 0 spiro atoms. The minimum absolute atomic E-state index is 0.158. The van der Waals surface area contributed by atoms with Gasteiger partial charge in [0.05, 0.1) is 5.56 Å². The highest BCUT2D eigenvalue weighted by Gasteiger charge is 2.28. The van der Waals surface area contributed by atoms with Crippen molar-refractivity contribution in [2.24, 2.45) is 0 Å². The lowest BCUT2D eigenvalue weighted by Gasteiger charge is -2.13. The summed E-state index contributed by atoms with van der Waals surface area (Å²) in [5.41, 5.74) is 2.03. The molecule has 0 saturated carbocycles. The molecule has 1 atom stereocenters. The molecule has 20 heavy (non-hydrogen) atoms. The number of nitrogens with one attached hydrogen (secondary N) is 2. The van der Waals surface area contributed by atoms with Crippen LogP contribution in [0.25, 0.3) is 0 Å². The molecule has 0 aliphatic carbocycles. The molecule has 1 saturated heterocycles. The van der Waals surface area contributed by atoms with Crippen LogP contribution in [0.2, 0.25) is 0 Å². The Labute approximate surface area is 119 Å². The van der Waals surface area contributed by atoms with Gasteiger partial charge in [-0.25, -0.2) is 4.79 Å². The molecule has 1 aromatic rings. The predicted molar refractivity (Wildman–Crippen MR) is 76.3 cm³/mol. The summed E-state index contributed by atoms with van der Waals surface area (Å²) in [6.45, 7) is 3.50. The van der Waals surface area contributed by atoms with Crippen molar-refractivity contribution in [1.29, 1.82) is 0 Å². The Kier molecular flexibility index (Phi) is 3.99. The molecule has 0 aromatic heterocycles. The third kappa shape index (κ3) is 2.93. The second kappa shape index (κ2) is 5.54. The number of aryl methyl sites for hydroxylation is 1. The Morgan fingerprint density at radius 3 is 2.65 bits per heavy atom. The van der Waals surface area contributed by atoms with Crippen molar-refractivity contribution < 1.29 is 19.5 Å². The van der Waals surface area contributed by atoms with E-state index in [1.165, 1.54) is 6.07 Å². The van der Waals surface area contributed by atoms with Gasteiger partial charge in [0.2, 0.25) is 5.91 Å². The number of carboxylic acids is 1. The van der Waals surface area contributed by atoms with Gasteiger partial charge < -0.3 is 15.7 Å². The standard InChI is InChI=1S/C13H14N2O4S/c1-6-3-8(4-9(7(6)2)12(17)18)14-11(16)10-5-20-13(19)15-10/h3-4,10H,5H2,1-2H3,(H,14,16)(H,15,19)(H,17,18). The van der Waals surface area contributed by atoms with Crippen molar-refractivity contribution in [2.75, 3.05) is 11.1 Å². The van der Waals surface area contributed by atoms with E-state index in [9.17, 15) is 14.4 Å². The third-order valence-electron chi connectivity index (χ3n) is 3.15. The van der Waals surface area contributed by atoms with E-state index >= 15 is 0 Å². The van der Waals surface area contributed by atoms with Crippen LogP contribution in [0.15, 0.2) is 12.1 Å². The van der Waals surface area contributed by atoms with Crippen LogP contribution in [0.5, 0.6) is 0 Å². The fourth-order valence-corrected chi connectivity index (χ4v) is 2.69. The molecule has 1 fully saturated rings. The molecule has 2 amide bonds. The summed E-state index contributed by atoms with van der Waals surface area (Å²) < 4.78 is 0. The second-order valence-corrected chi connectivity index (χ2v) is 5.55. The van der Waals surface area contributed by atoms with Gasteiger partial charge in [0.25, 0.3) is 5.24 Å². The number of hydrogen-bond acceptors (Lipinski definition) is 4. The molecule has 106 valence electrons. The molecular formula is C13H14N2O4S. The Bertz CT molecular complexity index is 600. The molecule has 7 heteroatoms. The minimum atomic E-state index is -1.04. The van der Waals surface area contributed by atoms with Gasteiger partial charge in [-0.05, 0) is 37.1 Å². The molecule has 1 aromatic carbocycles. The number of carboxylic acid groups (broad SMARTS) is 1. The number of aromatic carboxylic acids is 1. The molecular weight excluding hydrogens is 280 g/mol.